The van der Waals surface area contributed by atoms with Crippen LogP contribution in [0.2, 0.25) is 5.02 Å². The zero-order valence-corrected chi connectivity index (χ0v) is 25.7. The van der Waals surface area contributed by atoms with Crippen LogP contribution in [-0.4, -0.2) is 61.2 Å². The first-order valence-electron chi connectivity index (χ1n) is 14.4. The predicted molar refractivity (Wildman–Crippen MR) is 165 cm³/mol. The number of sulfonamides is 1. The monoisotopic (exact) mass is 639 g/mol. The fraction of sp³-hybridized carbons (Fsp3) is 0.344. The molecule has 3 aromatic carbocycles. The summed E-state index contributed by atoms with van der Waals surface area (Å²) in [4.78, 5) is 41.2. The number of carboxylic acids is 1. The number of benzene rings is 3. The number of fused-ring (bicyclic) bond motifs is 1. The maximum Gasteiger partial charge on any atom is 0.341 e. The van der Waals surface area contributed by atoms with Gasteiger partial charge in [-0.3, -0.25) is 9.59 Å². The lowest BCUT2D eigenvalue weighted by molar-refractivity contribution is -0.139. The minimum atomic E-state index is -3.57. The zero-order valence-electron chi connectivity index (χ0n) is 24.1. The molecule has 1 fully saturated rings. The van der Waals surface area contributed by atoms with Crippen molar-refractivity contribution in [1.82, 2.24) is 14.9 Å². The number of aliphatic carboxylic acids is 1. The number of nitrogens with one attached hydrogen (secondary N) is 2. The third kappa shape index (κ3) is 7.23. The van der Waals surface area contributed by atoms with Gasteiger partial charge in [-0.05, 0) is 59.9 Å². The van der Waals surface area contributed by atoms with E-state index >= 15 is 0 Å². The summed E-state index contributed by atoms with van der Waals surface area (Å²) in [7, 11) is -3.57. The molecule has 232 valence electrons. The highest BCUT2D eigenvalue weighted by molar-refractivity contribution is 7.88. The molecular weight excluding hydrogens is 606 g/mol. The molecule has 10 nitrogen and oxygen atoms in total. The van der Waals surface area contributed by atoms with E-state index in [0.717, 1.165) is 19.1 Å². The summed E-state index contributed by atoms with van der Waals surface area (Å²) in [6.45, 7) is -0.359. The van der Waals surface area contributed by atoms with Crippen molar-refractivity contribution in [2.24, 2.45) is 0 Å². The molecule has 1 aliphatic heterocycles. The van der Waals surface area contributed by atoms with Gasteiger partial charge < -0.3 is 20.1 Å². The summed E-state index contributed by atoms with van der Waals surface area (Å²) < 4.78 is 32.7. The average Bonchev–Trinajstić information content (AvgIpc) is 2.99. The Morgan fingerprint density at radius 1 is 1.02 bits per heavy atom. The number of carbonyl (C=O) groups is 3. The van der Waals surface area contributed by atoms with Gasteiger partial charge in [-0.2, -0.15) is 0 Å². The zero-order chi connectivity index (χ0) is 31.4. The fourth-order valence-corrected chi connectivity index (χ4v) is 7.21. The maximum absolute atomic E-state index is 14.3. The molecule has 2 aliphatic rings. The molecule has 1 heterocycles. The lowest BCUT2D eigenvalue weighted by Gasteiger charge is -2.49. The summed E-state index contributed by atoms with van der Waals surface area (Å²) in [5, 5.41) is 12.5. The third-order valence-electron chi connectivity index (χ3n) is 8.05. The van der Waals surface area contributed by atoms with Gasteiger partial charge in [-0.1, -0.05) is 66.9 Å². The van der Waals surface area contributed by atoms with Gasteiger partial charge in [0.1, 0.15) is 5.75 Å². The van der Waals surface area contributed by atoms with Crippen LogP contribution < -0.4 is 14.8 Å². The summed E-state index contributed by atoms with van der Waals surface area (Å²) in [5.41, 5.74) is 2.37. The number of carbonyl (C=O) groups excluding carboxylic acids is 2. The van der Waals surface area contributed by atoms with Crippen LogP contribution in [-0.2, 0) is 26.2 Å². The van der Waals surface area contributed by atoms with Crippen molar-refractivity contribution in [3.8, 4) is 5.75 Å². The number of ether oxygens (including phenoxy) is 1. The second-order valence-corrected chi connectivity index (χ2v) is 13.4. The van der Waals surface area contributed by atoms with Crippen LogP contribution in [0.4, 0.5) is 0 Å². The lowest BCUT2D eigenvalue weighted by atomic mass is 9.76. The van der Waals surface area contributed by atoms with Crippen molar-refractivity contribution in [2.45, 2.75) is 56.3 Å². The van der Waals surface area contributed by atoms with Crippen LogP contribution in [0.3, 0.4) is 0 Å². The Bertz CT molecular complexity index is 1650. The summed E-state index contributed by atoms with van der Waals surface area (Å²) in [5.74, 6) is -2.15. The molecular formula is C32H34ClN3O7S. The van der Waals surface area contributed by atoms with Crippen molar-refractivity contribution in [1.29, 1.82) is 0 Å². The van der Waals surface area contributed by atoms with E-state index in [2.05, 4.69) is 10.0 Å². The van der Waals surface area contributed by atoms with Crippen LogP contribution >= 0.6 is 11.6 Å². The summed E-state index contributed by atoms with van der Waals surface area (Å²) in [6.07, 6.45) is 3.87. The number of halogens is 1. The minimum absolute atomic E-state index is 0.130. The molecule has 1 aliphatic carbocycles. The molecule has 1 saturated carbocycles. The van der Waals surface area contributed by atoms with E-state index < -0.39 is 46.6 Å². The maximum atomic E-state index is 14.3. The first-order chi connectivity index (χ1) is 21.0. The summed E-state index contributed by atoms with van der Waals surface area (Å²) >= 11 is 6.23. The smallest absolute Gasteiger partial charge is 0.341 e. The van der Waals surface area contributed by atoms with Crippen molar-refractivity contribution in [3.63, 3.8) is 0 Å². The second kappa shape index (κ2) is 13.4. The Kier molecular flexibility index (Phi) is 9.57. The Balaban J connectivity index is 1.54. The van der Waals surface area contributed by atoms with E-state index in [1.54, 1.807) is 77.7 Å². The molecule has 0 radical (unpaired) electrons. The largest absolute Gasteiger partial charge is 0.482 e. The number of rotatable bonds is 10. The molecule has 0 saturated heterocycles. The van der Waals surface area contributed by atoms with Crippen molar-refractivity contribution in [2.75, 3.05) is 12.9 Å². The quantitative estimate of drug-likeness (QED) is 0.301. The third-order valence-corrected chi connectivity index (χ3v) is 9.03. The molecule has 2 amide bonds. The Labute approximate surface area is 261 Å². The molecule has 0 aromatic heterocycles. The van der Waals surface area contributed by atoms with Gasteiger partial charge in [0.2, 0.25) is 15.9 Å². The van der Waals surface area contributed by atoms with E-state index in [9.17, 15) is 22.8 Å². The van der Waals surface area contributed by atoms with Crippen LogP contribution in [0, 0.1) is 0 Å². The van der Waals surface area contributed by atoms with Gasteiger partial charge in [0.25, 0.3) is 5.91 Å². The van der Waals surface area contributed by atoms with E-state index in [-0.39, 0.29) is 18.4 Å². The number of nitrogens with zero attached hydrogens (tertiary/aromatic N) is 1. The summed E-state index contributed by atoms with van der Waals surface area (Å²) in [6, 6.07) is 19.1. The molecule has 3 N–H and O–H groups in total. The number of hydrogen-bond acceptors (Lipinski definition) is 6. The molecule has 0 unspecified atom stereocenters. The lowest BCUT2D eigenvalue weighted by Crippen LogP contribution is -2.59. The second-order valence-electron chi connectivity index (χ2n) is 11.2. The highest BCUT2D eigenvalue weighted by Gasteiger charge is 2.48. The molecule has 5 rings (SSSR count). The minimum Gasteiger partial charge on any atom is -0.482 e. The predicted octanol–water partition coefficient (Wildman–Crippen LogP) is 4.26. The van der Waals surface area contributed by atoms with Gasteiger partial charge in [0.05, 0.1) is 18.2 Å². The molecule has 3 aromatic rings. The highest BCUT2D eigenvalue weighted by Crippen LogP contribution is 2.46. The molecule has 0 bridgehead atoms. The standard InChI is InChI=1S/C32H34ClN3O7S/c1-44(41,42)35-26-11-4-5-12-27(26)36-30(21-13-15-22(33)16-14-21)29(24-9-2-3-10-25(24)32(36)40)31(39)34-18-20-7-6-8-23(17-20)43-19-28(37)38/h2-3,6-10,13-17,26-27,29-30,35H,4-5,11-12,18-19H2,1H3,(H,34,39)(H,37,38)/t26-,27-,29+,30-/m0/s1. The first kappa shape index (κ1) is 31.5. The van der Waals surface area contributed by atoms with Gasteiger partial charge in [0, 0.05) is 29.2 Å². The van der Waals surface area contributed by atoms with Gasteiger partial charge in [-0.25, -0.2) is 17.9 Å². The Hall–Kier alpha value is -3.93. The van der Waals surface area contributed by atoms with E-state index in [4.69, 9.17) is 21.4 Å². The van der Waals surface area contributed by atoms with E-state index in [1.807, 2.05) is 0 Å². The van der Waals surface area contributed by atoms with Crippen LogP contribution in [0.1, 0.15) is 64.7 Å². The topological polar surface area (TPSA) is 142 Å². The normalized spacial score (nSPS) is 21.8. The highest BCUT2D eigenvalue weighted by atomic mass is 35.5. The Morgan fingerprint density at radius 3 is 2.48 bits per heavy atom. The first-order valence-corrected chi connectivity index (χ1v) is 16.6. The van der Waals surface area contributed by atoms with Gasteiger partial charge >= 0.3 is 5.97 Å². The van der Waals surface area contributed by atoms with E-state index in [0.29, 0.717) is 45.9 Å². The molecule has 0 spiro atoms. The van der Waals surface area contributed by atoms with Crippen LogP contribution in [0.5, 0.6) is 5.75 Å². The van der Waals surface area contributed by atoms with Crippen LogP contribution in [0.25, 0.3) is 0 Å². The number of amides is 2. The van der Waals surface area contributed by atoms with Gasteiger partial charge in [-0.15, -0.1) is 0 Å². The average molecular weight is 640 g/mol. The molecule has 4 atom stereocenters. The molecule has 44 heavy (non-hydrogen) atoms. The number of hydrogen-bond donors (Lipinski definition) is 3. The fourth-order valence-electron chi connectivity index (χ4n) is 6.26. The van der Waals surface area contributed by atoms with Crippen molar-refractivity contribution < 1.29 is 32.6 Å². The van der Waals surface area contributed by atoms with Crippen LogP contribution in [0.15, 0.2) is 72.8 Å². The number of carboxylic acid groups (broad SMARTS) is 1. The van der Waals surface area contributed by atoms with Crippen molar-refractivity contribution >= 4 is 39.4 Å². The van der Waals surface area contributed by atoms with Gasteiger partial charge in [0.15, 0.2) is 6.61 Å². The Morgan fingerprint density at radius 2 is 1.75 bits per heavy atom. The van der Waals surface area contributed by atoms with E-state index in [1.165, 1.54) is 0 Å². The molecule has 12 heteroatoms. The SMILES string of the molecule is CS(=O)(=O)N[C@H]1CCCC[C@@H]1N1C(=O)c2ccccc2[C@@H](C(=O)NCc2cccc(OCC(=O)O)c2)[C@@H]1c1ccc(Cl)cc1. The van der Waals surface area contributed by atoms with Crippen molar-refractivity contribution in [3.05, 3.63) is 100 Å².